The third-order valence-corrected chi connectivity index (χ3v) is 4.98. The summed E-state index contributed by atoms with van der Waals surface area (Å²) in [6, 6.07) is 0.828. The zero-order valence-electron chi connectivity index (χ0n) is 10.7. The lowest BCUT2D eigenvalue weighted by Crippen LogP contribution is -2.18. The molecule has 0 atom stereocenters. The van der Waals surface area contributed by atoms with Crippen LogP contribution < -0.4 is 5.32 Å². The van der Waals surface area contributed by atoms with Crippen LogP contribution in [0.4, 0.5) is 0 Å². The smallest absolute Gasteiger partial charge is 0.306 e. The van der Waals surface area contributed by atoms with Gasteiger partial charge in [0.25, 0.3) is 0 Å². The van der Waals surface area contributed by atoms with Crippen LogP contribution in [0.15, 0.2) is 0 Å². The first kappa shape index (κ1) is 13.2. The Labute approximate surface area is 108 Å². The standard InChI is InChI=1S/C13H23NO2S/c1-16-12(15)9-13(5-6-13)10-17-8-2-7-14-11-3-4-11/h11,14H,2-10H2,1H3. The van der Waals surface area contributed by atoms with Gasteiger partial charge >= 0.3 is 5.97 Å². The molecule has 0 spiro atoms. The second kappa shape index (κ2) is 6.10. The third kappa shape index (κ3) is 4.88. The number of carbonyl (C=O) groups excluding carboxylic acids is 1. The van der Waals surface area contributed by atoms with Crippen molar-refractivity contribution < 1.29 is 9.53 Å². The molecule has 98 valence electrons. The molecule has 0 aromatic rings. The van der Waals surface area contributed by atoms with Crippen LogP contribution in [0.5, 0.6) is 0 Å². The molecule has 0 aromatic heterocycles. The van der Waals surface area contributed by atoms with Crippen LogP contribution in [-0.2, 0) is 9.53 Å². The summed E-state index contributed by atoms with van der Waals surface area (Å²) >= 11 is 2.00. The largest absolute Gasteiger partial charge is 0.469 e. The number of thioether (sulfide) groups is 1. The van der Waals surface area contributed by atoms with Crippen molar-refractivity contribution >= 4 is 17.7 Å². The number of methoxy groups -OCH3 is 1. The average molecular weight is 257 g/mol. The van der Waals surface area contributed by atoms with Gasteiger partial charge in [-0.3, -0.25) is 4.79 Å². The molecule has 3 nitrogen and oxygen atoms in total. The summed E-state index contributed by atoms with van der Waals surface area (Å²) in [4.78, 5) is 11.2. The zero-order chi connectivity index (χ0) is 12.1. The fourth-order valence-corrected chi connectivity index (χ4v) is 3.30. The van der Waals surface area contributed by atoms with E-state index in [1.165, 1.54) is 45.0 Å². The highest BCUT2D eigenvalue weighted by Crippen LogP contribution is 2.51. The van der Waals surface area contributed by atoms with Crippen LogP contribution >= 0.6 is 11.8 Å². The summed E-state index contributed by atoms with van der Waals surface area (Å²) in [7, 11) is 1.48. The lowest BCUT2D eigenvalue weighted by atomic mass is 10.1. The molecule has 2 rings (SSSR count). The van der Waals surface area contributed by atoms with E-state index in [0.717, 1.165) is 18.3 Å². The van der Waals surface area contributed by atoms with E-state index in [2.05, 4.69) is 5.32 Å². The van der Waals surface area contributed by atoms with Crippen LogP contribution in [0.1, 0.15) is 38.5 Å². The minimum Gasteiger partial charge on any atom is -0.469 e. The van der Waals surface area contributed by atoms with Crippen molar-refractivity contribution in [2.75, 3.05) is 25.2 Å². The predicted molar refractivity (Wildman–Crippen MR) is 71.3 cm³/mol. The van der Waals surface area contributed by atoms with Crippen molar-refractivity contribution in [2.24, 2.45) is 5.41 Å². The Bertz CT molecular complexity index is 262. The van der Waals surface area contributed by atoms with Crippen molar-refractivity contribution in [3.63, 3.8) is 0 Å². The molecule has 17 heavy (non-hydrogen) atoms. The van der Waals surface area contributed by atoms with Gasteiger partial charge in [-0.2, -0.15) is 11.8 Å². The zero-order valence-corrected chi connectivity index (χ0v) is 11.5. The highest BCUT2D eigenvalue weighted by atomic mass is 32.2. The summed E-state index contributed by atoms with van der Waals surface area (Å²) in [5, 5.41) is 3.52. The van der Waals surface area contributed by atoms with Crippen molar-refractivity contribution in [3.8, 4) is 0 Å². The molecule has 2 aliphatic carbocycles. The Hall–Kier alpha value is -0.220. The Morgan fingerprint density at radius 3 is 2.82 bits per heavy atom. The topological polar surface area (TPSA) is 38.3 Å². The minimum atomic E-state index is -0.0431. The van der Waals surface area contributed by atoms with E-state index in [4.69, 9.17) is 4.74 Å². The number of esters is 1. The van der Waals surface area contributed by atoms with E-state index in [1.807, 2.05) is 11.8 Å². The summed E-state index contributed by atoms with van der Waals surface area (Å²) in [5.41, 5.74) is 0.293. The first-order valence-electron chi connectivity index (χ1n) is 6.62. The van der Waals surface area contributed by atoms with Crippen molar-refractivity contribution in [2.45, 2.75) is 44.6 Å². The lowest BCUT2D eigenvalue weighted by molar-refractivity contribution is -0.141. The van der Waals surface area contributed by atoms with Gasteiger partial charge in [-0.05, 0) is 55.6 Å². The van der Waals surface area contributed by atoms with E-state index in [9.17, 15) is 4.79 Å². The van der Waals surface area contributed by atoms with Crippen molar-refractivity contribution in [1.82, 2.24) is 5.32 Å². The monoisotopic (exact) mass is 257 g/mol. The molecule has 0 heterocycles. The van der Waals surface area contributed by atoms with Gasteiger partial charge < -0.3 is 10.1 Å². The van der Waals surface area contributed by atoms with Crippen LogP contribution in [0.25, 0.3) is 0 Å². The number of hydrogen-bond acceptors (Lipinski definition) is 4. The molecule has 0 radical (unpaired) electrons. The van der Waals surface area contributed by atoms with E-state index in [0.29, 0.717) is 11.8 Å². The number of ether oxygens (including phenoxy) is 1. The SMILES string of the molecule is COC(=O)CC1(CSCCCNC2CC2)CC1. The first-order valence-corrected chi connectivity index (χ1v) is 7.78. The predicted octanol–water partition coefficient (Wildman–Crippen LogP) is 2.21. The van der Waals surface area contributed by atoms with Crippen molar-refractivity contribution in [1.29, 1.82) is 0 Å². The molecule has 0 bridgehead atoms. The maximum absolute atomic E-state index is 11.2. The molecule has 0 unspecified atom stereocenters. The van der Waals surface area contributed by atoms with E-state index >= 15 is 0 Å². The highest BCUT2D eigenvalue weighted by Gasteiger charge is 2.44. The first-order chi connectivity index (χ1) is 8.24. The molecule has 1 N–H and O–H groups in total. The normalized spacial score (nSPS) is 21.2. The van der Waals surface area contributed by atoms with Gasteiger partial charge in [-0.25, -0.2) is 0 Å². The summed E-state index contributed by atoms with van der Waals surface area (Å²) in [6.45, 7) is 1.15. The number of hydrogen-bond donors (Lipinski definition) is 1. The fourth-order valence-electron chi connectivity index (χ4n) is 1.98. The van der Waals surface area contributed by atoms with Gasteiger partial charge in [0.15, 0.2) is 0 Å². The van der Waals surface area contributed by atoms with Gasteiger partial charge in [0.2, 0.25) is 0 Å². The van der Waals surface area contributed by atoms with Gasteiger partial charge in [0.1, 0.15) is 0 Å². The molecule has 0 aliphatic heterocycles. The Kier molecular flexibility index (Phi) is 4.74. The second-order valence-corrected chi connectivity index (χ2v) is 6.49. The Balaban J connectivity index is 1.47. The Morgan fingerprint density at radius 2 is 2.24 bits per heavy atom. The molecule has 0 amide bonds. The quantitative estimate of drug-likeness (QED) is 0.508. The second-order valence-electron chi connectivity index (χ2n) is 5.39. The third-order valence-electron chi connectivity index (χ3n) is 3.59. The van der Waals surface area contributed by atoms with Gasteiger partial charge in [-0.1, -0.05) is 0 Å². The summed E-state index contributed by atoms with van der Waals surface area (Å²) in [6.07, 6.45) is 7.02. The lowest BCUT2D eigenvalue weighted by Gasteiger charge is -2.12. The molecule has 2 aliphatic rings. The maximum Gasteiger partial charge on any atom is 0.306 e. The molecular formula is C13H23NO2S. The van der Waals surface area contributed by atoms with Gasteiger partial charge in [0, 0.05) is 6.04 Å². The Morgan fingerprint density at radius 1 is 1.47 bits per heavy atom. The number of rotatable bonds is 9. The fraction of sp³-hybridized carbons (Fsp3) is 0.923. The van der Waals surface area contributed by atoms with E-state index < -0.39 is 0 Å². The van der Waals surface area contributed by atoms with Crippen LogP contribution in [0, 0.1) is 5.41 Å². The molecule has 2 saturated carbocycles. The van der Waals surface area contributed by atoms with Crippen LogP contribution in [-0.4, -0.2) is 37.2 Å². The maximum atomic E-state index is 11.2. The number of carbonyl (C=O) groups is 1. The molecule has 0 saturated heterocycles. The van der Waals surface area contributed by atoms with Gasteiger partial charge in [-0.15, -0.1) is 0 Å². The van der Waals surface area contributed by atoms with E-state index in [1.54, 1.807) is 0 Å². The van der Waals surface area contributed by atoms with Crippen LogP contribution in [0.2, 0.25) is 0 Å². The van der Waals surface area contributed by atoms with Crippen molar-refractivity contribution in [3.05, 3.63) is 0 Å². The number of nitrogens with one attached hydrogen (secondary N) is 1. The highest BCUT2D eigenvalue weighted by molar-refractivity contribution is 7.99. The van der Waals surface area contributed by atoms with E-state index in [-0.39, 0.29) is 5.97 Å². The molecule has 2 fully saturated rings. The summed E-state index contributed by atoms with van der Waals surface area (Å²) < 4.78 is 4.75. The van der Waals surface area contributed by atoms with Gasteiger partial charge in [0.05, 0.1) is 13.5 Å². The summed E-state index contributed by atoms with van der Waals surface area (Å²) in [5.74, 6) is 2.30. The average Bonchev–Trinajstić information content (AvgIpc) is 3.20. The molecule has 0 aromatic carbocycles. The molecular weight excluding hydrogens is 234 g/mol. The van der Waals surface area contributed by atoms with Crippen LogP contribution in [0.3, 0.4) is 0 Å². The molecule has 4 heteroatoms. The minimum absolute atomic E-state index is 0.0431.